The number of benzene rings is 1. The van der Waals surface area contributed by atoms with E-state index in [1.54, 1.807) is 11.8 Å². The summed E-state index contributed by atoms with van der Waals surface area (Å²) in [5, 5.41) is 6.25. The number of para-hydroxylation sites is 1. The molecule has 0 spiro atoms. The van der Waals surface area contributed by atoms with Crippen molar-refractivity contribution < 1.29 is 4.79 Å². The van der Waals surface area contributed by atoms with Crippen molar-refractivity contribution in [2.75, 3.05) is 24.2 Å². The largest absolute Gasteiger partial charge is 0.325 e. The fourth-order valence-corrected chi connectivity index (χ4v) is 2.72. The summed E-state index contributed by atoms with van der Waals surface area (Å²) in [6.45, 7) is 3.86. The van der Waals surface area contributed by atoms with Gasteiger partial charge < -0.3 is 10.6 Å². The van der Waals surface area contributed by atoms with Crippen LogP contribution in [0, 0.1) is 5.92 Å². The van der Waals surface area contributed by atoms with Crippen LogP contribution in [0.4, 0.5) is 5.69 Å². The van der Waals surface area contributed by atoms with E-state index in [0.29, 0.717) is 0 Å². The lowest BCUT2D eigenvalue weighted by Gasteiger charge is -2.12. The van der Waals surface area contributed by atoms with E-state index in [0.717, 1.165) is 35.8 Å². The number of nitrogens with one attached hydrogen (secondary N) is 2. The molecule has 1 heterocycles. The quantitative estimate of drug-likeness (QED) is 0.806. The van der Waals surface area contributed by atoms with Gasteiger partial charge in [0.2, 0.25) is 5.91 Å². The third-order valence-corrected chi connectivity index (χ3v) is 3.83. The minimum absolute atomic E-state index is 0.120. The minimum Gasteiger partial charge on any atom is -0.325 e. The Balaban J connectivity index is 2.04. The molecule has 1 atom stereocenters. The van der Waals surface area contributed by atoms with Gasteiger partial charge in [-0.25, -0.2) is 0 Å². The molecule has 1 aliphatic rings. The summed E-state index contributed by atoms with van der Waals surface area (Å²) in [7, 11) is 0. The van der Waals surface area contributed by atoms with Crippen molar-refractivity contribution in [2.45, 2.75) is 18.2 Å². The lowest BCUT2D eigenvalue weighted by atomic mass is 10.1. The highest BCUT2D eigenvalue weighted by Gasteiger charge is 2.22. The molecule has 1 amide bonds. The van der Waals surface area contributed by atoms with Gasteiger partial charge in [-0.1, -0.05) is 19.1 Å². The van der Waals surface area contributed by atoms with E-state index in [2.05, 4.69) is 23.6 Å². The normalized spacial score (nSPS) is 19.2. The summed E-state index contributed by atoms with van der Waals surface area (Å²) < 4.78 is 0. The predicted octanol–water partition coefficient (Wildman–Crippen LogP) is 2.35. The number of carbonyl (C=O) groups is 1. The Morgan fingerprint density at radius 2 is 2.35 bits per heavy atom. The van der Waals surface area contributed by atoms with Crippen molar-refractivity contribution in [1.29, 1.82) is 0 Å². The number of amides is 1. The van der Waals surface area contributed by atoms with Crippen molar-refractivity contribution in [2.24, 2.45) is 5.92 Å². The first-order valence-corrected chi connectivity index (χ1v) is 7.03. The second-order valence-electron chi connectivity index (χ2n) is 4.11. The number of anilines is 1. The summed E-state index contributed by atoms with van der Waals surface area (Å²) in [5.41, 5.74) is 0.941. The first-order chi connectivity index (χ1) is 8.31. The summed E-state index contributed by atoms with van der Waals surface area (Å²) >= 11 is 1.76. The van der Waals surface area contributed by atoms with Crippen LogP contribution in [0.15, 0.2) is 29.2 Å². The Morgan fingerprint density at radius 1 is 1.53 bits per heavy atom. The van der Waals surface area contributed by atoms with Crippen LogP contribution in [0.2, 0.25) is 0 Å². The van der Waals surface area contributed by atoms with E-state index in [4.69, 9.17) is 0 Å². The molecule has 1 saturated heterocycles. The van der Waals surface area contributed by atoms with Gasteiger partial charge in [-0.3, -0.25) is 4.79 Å². The molecular weight excluding hydrogens is 232 g/mol. The van der Waals surface area contributed by atoms with Crippen molar-refractivity contribution in [3.8, 4) is 0 Å². The van der Waals surface area contributed by atoms with Crippen LogP contribution in [0.25, 0.3) is 0 Å². The maximum absolute atomic E-state index is 12.0. The van der Waals surface area contributed by atoms with Gasteiger partial charge in [0.1, 0.15) is 0 Å². The van der Waals surface area contributed by atoms with Gasteiger partial charge in [-0.05, 0) is 30.9 Å². The van der Waals surface area contributed by atoms with Gasteiger partial charge in [-0.2, -0.15) is 0 Å². The molecule has 1 aromatic carbocycles. The standard InChI is InChI=1S/C13H18N2OS/c1-2-17-12-6-4-3-5-11(12)15-13(16)10-7-8-14-9-10/h3-6,10,14H,2,7-9H2,1H3,(H,15,16). The second kappa shape index (κ2) is 6.07. The topological polar surface area (TPSA) is 41.1 Å². The molecule has 2 rings (SSSR count). The van der Waals surface area contributed by atoms with Crippen molar-refractivity contribution >= 4 is 23.4 Å². The Labute approximate surface area is 106 Å². The predicted molar refractivity (Wildman–Crippen MR) is 72.4 cm³/mol. The van der Waals surface area contributed by atoms with Crippen LogP contribution in [-0.4, -0.2) is 24.7 Å². The molecule has 92 valence electrons. The molecule has 0 aliphatic carbocycles. The first-order valence-electron chi connectivity index (χ1n) is 6.04. The number of hydrogen-bond donors (Lipinski definition) is 2. The molecule has 0 aromatic heterocycles. The number of carbonyl (C=O) groups excluding carboxylic acids is 1. The van der Waals surface area contributed by atoms with Gasteiger partial charge >= 0.3 is 0 Å². The van der Waals surface area contributed by atoms with Crippen LogP contribution >= 0.6 is 11.8 Å². The molecule has 1 aromatic rings. The lowest BCUT2D eigenvalue weighted by molar-refractivity contribution is -0.119. The molecule has 2 N–H and O–H groups in total. The SMILES string of the molecule is CCSc1ccccc1NC(=O)C1CCNC1. The summed E-state index contributed by atoms with van der Waals surface area (Å²) in [5.74, 6) is 1.27. The summed E-state index contributed by atoms with van der Waals surface area (Å²) in [6.07, 6.45) is 0.939. The van der Waals surface area contributed by atoms with Crippen LogP contribution in [0.5, 0.6) is 0 Å². The zero-order valence-electron chi connectivity index (χ0n) is 10.0. The minimum atomic E-state index is 0.120. The number of rotatable bonds is 4. The van der Waals surface area contributed by atoms with Gasteiger partial charge in [-0.15, -0.1) is 11.8 Å². The van der Waals surface area contributed by atoms with Crippen molar-refractivity contribution in [1.82, 2.24) is 5.32 Å². The van der Waals surface area contributed by atoms with Crippen LogP contribution < -0.4 is 10.6 Å². The average Bonchev–Trinajstić information content (AvgIpc) is 2.85. The maximum atomic E-state index is 12.0. The van der Waals surface area contributed by atoms with E-state index in [1.807, 2.05) is 18.2 Å². The third-order valence-electron chi connectivity index (χ3n) is 2.88. The molecule has 4 heteroatoms. The van der Waals surface area contributed by atoms with Gasteiger partial charge in [0.25, 0.3) is 0 Å². The van der Waals surface area contributed by atoms with E-state index >= 15 is 0 Å². The number of thioether (sulfide) groups is 1. The molecule has 17 heavy (non-hydrogen) atoms. The fraction of sp³-hybridized carbons (Fsp3) is 0.462. The molecule has 0 radical (unpaired) electrons. The van der Waals surface area contributed by atoms with Crippen LogP contribution in [0.1, 0.15) is 13.3 Å². The van der Waals surface area contributed by atoms with Crippen LogP contribution in [-0.2, 0) is 4.79 Å². The Kier molecular flexibility index (Phi) is 4.45. The zero-order chi connectivity index (χ0) is 12.1. The maximum Gasteiger partial charge on any atom is 0.228 e. The van der Waals surface area contributed by atoms with Gasteiger partial charge in [0, 0.05) is 11.4 Å². The Hall–Kier alpha value is -1.00. The molecule has 1 aliphatic heterocycles. The highest BCUT2D eigenvalue weighted by atomic mass is 32.2. The fourth-order valence-electron chi connectivity index (χ4n) is 1.96. The van der Waals surface area contributed by atoms with Crippen molar-refractivity contribution in [3.63, 3.8) is 0 Å². The van der Waals surface area contributed by atoms with Crippen molar-refractivity contribution in [3.05, 3.63) is 24.3 Å². The highest BCUT2D eigenvalue weighted by molar-refractivity contribution is 7.99. The smallest absolute Gasteiger partial charge is 0.228 e. The Morgan fingerprint density at radius 3 is 3.06 bits per heavy atom. The first kappa shape index (κ1) is 12.5. The lowest BCUT2D eigenvalue weighted by Crippen LogP contribution is -2.24. The van der Waals surface area contributed by atoms with E-state index < -0.39 is 0 Å². The van der Waals surface area contributed by atoms with E-state index in [-0.39, 0.29) is 11.8 Å². The van der Waals surface area contributed by atoms with E-state index in [9.17, 15) is 4.79 Å². The van der Waals surface area contributed by atoms with Gasteiger partial charge in [0.15, 0.2) is 0 Å². The Bertz CT molecular complexity index is 389. The molecular formula is C13H18N2OS. The summed E-state index contributed by atoms with van der Waals surface area (Å²) in [6, 6.07) is 7.99. The monoisotopic (exact) mass is 250 g/mol. The third kappa shape index (κ3) is 3.23. The number of hydrogen-bond acceptors (Lipinski definition) is 3. The highest BCUT2D eigenvalue weighted by Crippen LogP contribution is 2.27. The van der Waals surface area contributed by atoms with Crippen LogP contribution in [0.3, 0.4) is 0 Å². The molecule has 0 saturated carbocycles. The second-order valence-corrected chi connectivity index (χ2v) is 5.41. The molecule has 1 fully saturated rings. The van der Waals surface area contributed by atoms with E-state index in [1.165, 1.54) is 0 Å². The molecule has 0 bridgehead atoms. The molecule has 3 nitrogen and oxygen atoms in total. The summed E-state index contributed by atoms with van der Waals surface area (Å²) in [4.78, 5) is 13.2. The zero-order valence-corrected chi connectivity index (χ0v) is 10.8. The average molecular weight is 250 g/mol. The molecule has 1 unspecified atom stereocenters. The van der Waals surface area contributed by atoms with Gasteiger partial charge in [0.05, 0.1) is 11.6 Å².